The molecule has 0 aliphatic rings. The highest BCUT2D eigenvalue weighted by Gasteiger charge is 2.27. The minimum Gasteiger partial charge on any atom is -0.346 e. The number of nitrogens with one attached hydrogen (secondary N) is 1. The van der Waals surface area contributed by atoms with Gasteiger partial charge in [0.15, 0.2) is 5.43 Å². The molecule has 1 aromatic carbocycles. The van der Waals surface area contributed by atoms with E-state index in [1.165, 1.54) is 6.20 Å². The molecule has 31 heavy (non-hydrogen) atoms. The van der Waals surface area contributed by atoms with Crippen LogP contribution in [0.15, 0.2) is 59.5 Å². The molecule has 0 unspecified atom stereocenters. The number of aromatic nitrogens is 3. The summed E-state index contributed by atoms with van der Waals surface area (Å²) in [6.45, 7) is 1.80. The molecule has 0 aliphatic carbocycles. The van der Waals surface area contributed by atoms with E-state index in [1.54, 1.807) is 19.1 Å². The van der Waals surface area contributed by atoms with Gasteiger partial charge in [-0.05, 0) is 37.1 Å². The Hall–Kier alpha value is -3.19. The number of hydrogen-bond acceptors (Lipinski definition) is 3. The summed E-state index contributed by atoms with van der Waals surface area (Å²) in [4.78, 5) is 24.7. The highest BCUT2D eigenvalue weighted by atomic mass is 35.5. The van der Waals surface area contributed by atoms with E-state index in [1.807, 2.05) is 36.4 Å². The maximum Gasteiger partial charge on any atom is 0.389 e. The largest absolute Gasteiger partial charge is 0.389 e. The predicted octanol–water partition coefficient (Wildman–Crippen LogP) is 6.11. The van der Waals surface area contributed by atoms with Gasteiger partial charge in [-0.3, -0.25) is 4.79 Å². The normalized spacial score (nSPS) is 11.8. The average Bonchev–Trinajstić information content (AvgIpc) is 2.72. The molecule has 0 saturated carbocycles. The van der Waals surface area contributed by atoms with Gasteiger partial charge >= 0.3 is 6.18 Å². The lowest BCUT2D eigenvalue weighted by molar-refractivity contribution is -0.134. The van der Waals surface area contributed by atoms with Crippen molar-refractivity contribution in [1.82, 2.24) is 15.0 Å². The SMILES string of the molecule is Cc1cc(-c2cc3c(=O)c(CCC(F)(F)F)c[nH]c3nc2-c2ccccc2)cc(Cl)n1. The zero-order valence-corrected chi connectivity index (χ0v) is 17.2. The van der Waals surface area contributed by atoms with Crippen LogP contribution >= 0.6 is 11.6 Å². The molecule has 0 radical (unpaired) electrons. The first-order valence-electron chi connectivity index (χ1n) is 9.53. The number of rotatable bonds is 4. The molecule has 8 heteroatoms. The number of halogens is 4. The van der Waals surface area contributed by atoms with Crippen molar-refractivity contribution in [2.45, 2.75) is 25.9 Å². The molecule has 0 atom stereocenters. The van der Waals surface area contributed by atoms with Crippen LogP contribution in [0.4, 0.5) is 13.2 Å². The highest BCUT2D eigenvalue weighted by Crippen LogP contribution is 2.33. The van der Waals surface area contributed by atoms with Crippen LogP contribution in [0.2, 0.25) is 5.15 Å². The van der Waals surface area contributed by atoms with Gasteiger partial charge in [-0.1, -0.05) is 41.9 Å². The van der Waals surface area contributed by atoms with Gasteiger partial charge in [0.1, 0.15) is 10.8 Å². The molecule has 0 bridgehead atoms. The van der Waals surface area contributed by atoms with Gasteiger partial charge in [-0.25, -0.2) is 9.97 Å². The number of hydrogen-bond donors (Lipinski definition) is 1. The number of H-pyrrole nitrogens is 1. The van der Waals surface area contributed by atoms with Crippen LogP contribution in [-0.2, 0) is 6.42 Å². The fourth-order valence-corrected chi connectivity index (χ4v) is 3.72. The number of benzene rings is 1. The summed E-state index contributed by atoms with van der Waals surface area (Å²) >= 11 is 6.15. The zero-order valence-electron chi connectivity index (χ0n) is 16.4. The lowest BCUT2D eigenvalue weighted by Gasteiger charge is -2.13. The van der Waals surface area contributed by atoms with Crippen LogP contribution in [-0.4, -0.2) is 21.1 Å². The third-order valence-electron chi connectivity index (χ3n) is 4.90. The second-order valence-corrected chi connectivity index (χ2v) is 7.61. The summed E-state index contributed by atoms with van der Waals surface area (Å²) in [7, 11) is 0. The van der Waals surface area contributed by atoms with E-state index in [4.69, 9.17) is 11.6 Å². The number of aryl methyl sites for hydroxylation is 2. The molecule has 158 valence electrons. The number of alkyl halides is 3. The van der Waals surface area contributed by atoms with Crippen molar-refractivity contribution in [3.8, 4) is 22.4 Å². The van der Waals surface area contributed by atoms with Crippen LogP contribution in [0.1, 0.15) is 17.7 Å². The fourth-order valence-electron chi connectivity index (χ4n) is 3.47. The molecule has 4 nitrogen and oxygen atoms in total. The van der Waals surface area contributed by atoms with Crippen molar-refractivity contribution in [2.24, 2.45) is 0 Å². The molecule has 3 heterocycles. The molecule has 3 aromatic heterocycles. The molecular formula is C23H17ClF3N3O. The minimum absolute atomic E-state index is 0.0639. The molecule has 4 aromatic rings. The second-order valence-electron chi connectivity index (χ2n) is 7.22. The Kier molecular flexibility index (Phi) is 5.54. The van der Waals surface area contributed by atoms with Crippen molar-refractivity contribution >= 4 is 22.6 Å². The molecule has 0 fully saturated rings. The van der Waals surface area contributed by atoms with Crippen LogP contribution in [0, 0.1) is 6.92 Å². The van der Waals surface area contributed by atoms with E-state index in [0.717, 1.165) is 5.56 Å². The van der Waals surface area contributed by atoms with E-state index >= 15 is 0 Å². The third kappa shape index (κ3) is 4.61. The first kappa shape index (κ1) is 21.1. The topological polar surface area (TPSA) is 58.6 Å². The van der Waals surface area contributed by atoms with Gasteiger partial charge in [-0.15, -0.1) is 0 Å². The van der Waals surface area contributed by atoms with Crippen LogP contribution in [0.3, 0.4) is 0 Å². The molecule has 0 spiro atoms. The van der Waals surface area contributed by atoms with Crippen molar-refractivity contribution in [3.05, 3.63) is 81.4 Å². The van der Waals surface area contributed by atoms with Gasteiger partial charge in [-0.2, -0.15) is 13.2 Å². The summed E-state index contributed by atoms with van der Waals surface area (Å²) < 4.78 is 37.9. The van der Waals surface area contributed by atoms with Crippen LogP contribution in [0.5, 0.6) is 0 Å². The van der Waals surface area contributed by atoms with Crippen molar-refractivity contribution in [3.63, 3.8) is 0 Å². The number of pyridine rings is 3. The molecule has 0 saturated heterocycles. The Bertz CT molecular complexity index is 1300. The molecular weight excluding hydrogens is 427 g/mol. The third-order valence-corrected chi connectivity index (χ3v) is 5.09. The number of aromatic amines is 1. The smallest absolute Gasteiger partial charge is 0.346 e. The molecule has 1 N–H and O–H groups in total. The van der Waals surface area contributed by atoms with E-state index in [2.05, 4.69) is 15.0 Å². The van der Waals surface area contributed by atoms with Gasteiger partial charge in [0, 0.05) is 35.0 Å². The quantitative estimate of drug-likeness (QED) is 0.387. The first-order chi connectivity index (χ1) is 14.7. The van der Waals surface area contributed by atoms with E-state index in [9.17, 15) is 18.0 Å². The van der Waals surface area contributed by atoms with Crippen LogP contribution < -0.4 is 5.43 Å². The Labute approximate surface area is 180 Å². The molecule has 0 aliphatic heterocycles. The van der Waals surface area contributed by atoms with Gasteiger partial charge in [0.25, 0.3) is 0 Å². The van der Waals surface area contributed by atoms with E-state index < -0.39 is 24.4 Å². The average molecular weight is 444 g/mol. The van der Waals surface area contributed by atoms with Crippen molar-refractivity contribution < 1.29 is 13.2 Å². The minimum atomic E-state index is -4.34. The number of fused-ring (bicyclic) bond motifs is 1. The summed E-state index contributed by atoms with van der Waals surface area (Å²) in [5, 5.41) is 0.516. The fraction of sp³-hybridized carbons (Fsp3) is 0.174. The summed E-state index contributed by atoms with van der Waals surface area (Å²) in [5.74, 6) is 0. The standard InChI is InChI=1S/C23H17ClF3N3O/c1-13-9-16(10-19(24)29-13)17-11-18-21(31)15(7-8-23(25,26)27)12-28-22(18)30-20(17)14-5-3-2-4-6-14/h2-6,9-12H,7-8H2,1H3,(H,28,30,31). The van der Waals surface area contributed by atoms with Gasteiger partial charge < -0.3 is 4.98 Å². The first-order valence-corrected chi connectivity index (χ1v) is 9.91. The summed E-state index contributed by atoms with van der Waals surface area (Å²) in [5.41, 5.74) is 3.39. The Morgan fingerprint density at radius 2 is 1.77 bits per heavy atom. The zero-order chi connectivity index (χ0) is 22.2. The molecule has 4 rings (SSSR count). The Morgan fingerprint density at radius 3 is 2.45 bits per heavy atom. The van der Waals surface area contributed by atoms with E-state index in [-0.39, 0.29) is 10.9 Å². The Morgan fingerprint density at radius 1 is 1.03 bits per heavy atom. The van der Waals surface area contributed by atoms with Crippen molar-refractivity contribution in [1.29, 1.82) is 0 Å². The Balaban J connectivity index is 1.95. The molecule has 0 amide bonds. The lowest BCUT2D eigenvalue weighted by Crippen LogP contribution is -2.16. The lowest BCUT2D eigenvalue weighted by atomic mass is 9.97. The van der Waals surface area contributed by atoms with Gasteiger partial charge in [0.2, 0.25) is 0 Å². The van der Waals surface area contributed by atoms with Gasteiger partial charge in [0.05, 0.1) is 11.1 Å². The highest BCUT2D eigenvalue weighted by molar-refractivity contribution is 6.29. The maximum absolute atomic E-state index is 12.9. The van der Waals surface area contributed by atoms with Crippen LogP contribution in [0.25, 0.3) is 33.4 Å². The second kappa shape index (κ2) is 8.15. The summed E-state index contributed by atoms with van der Waals surface area (Å²) in [6.07, 6.45) is -4.49. The number of nitrogens with zero attached hydrogens (tertiary/aromatic N) is 2. The van der Waals surface area contributed by atoms with E-state index in [0.29, 0.717) is 33.3 Å². The van der Waals surface area contributed by atoms with Crippen molar-refractivity contribution in [2.75, 3.05) is 0 Å². The maximum atomic E-state index is 12.9. The monoisotopic (exact) mass is 443 g/mol. The predicted molar refractivity (Wildman–Crippen MR) is 115 cm³/mol. The summed E-state index contributed by atoms with van der Waals surface area (Å²) in [6, 6.07) is 14.6.